The lowest BCUT2D eigenvalue weighted by atomic mass is 9.97. The highest BCUT2D eigenvalue weighted by molar-refractivity contribution is 6.30. The van der Waals surface area contributed by atoms with Crippen LogP contribution in [0.1, 0.15) is 49.4 Å². The molecule has 1 aromatic carbocycles. The number of hydrogen-bond acceptors (Lipinski definition) is 4. The minimum atomic E-state index is 0.123. The summed E-state index contributed by atoms with van der Waals surface area (Å²) in [6, 6.07) is 7.59. The van der Waals surface area contributed by atoms with Crippen molar-refractivity contribution in [2.45, 2.75) is 45.1 Å². The number of amides is 1. The van der Waals surface area contributed by atoms with Gasteiger partial charge in [-0.15, -0.1) is 0 Å². The van der Waals surface area contributed by atoms with Crippen molar-refractivity contribution in [1.29, 1.82) is 0 Å². The molecule has 0 radical (unpaired) electrons. The normalized spacial score (nSPS) is 18.4. The summed E-state index contributed by atoms with van der Waals surface area (Å²) in [5.41, 5.74) is 1.07. The number of aryl methyl sites for hydroxylation is 1. The lowest BCUT2D eigenvalue weighted by molar-refractivity contribution is -0.134. The van der Waals surface area contributed by atoms with E-state index in [0.717, 1.165) is 30.7 Å². The Morgan fingerprint density at radius 3 is 2.87 bits per heavy atom. The van der Waals surface area contributed by atoms with E-state index in [0.29, 0.717) is 30.4 Å². The smallest absolute Gasteiger partial charge is 0.231 e. The Labute approximate surface area is 140 Å². The lowest BCUT2D eigenvalue weighted by Crippen LogP contribution is -2.38. The van der Waals surface area contributed by atoms with Crippen molar-refractivity contribution in [3.63, 3.8) is 0 Å². The zero-order valence-electron chi connectivity index (χ0n) is 13.2. The number of benzene rings is 1. The Balaban J connectivity index is 1.68. The summed E-state index contributed by atoms with van der Waals surface area (Å²) in [5, 5.41) is 4.71. The van der Waals surface area contributed by atoms with Crippen molar-refractivity contribution >= 4 is 17.5 Å². The molecule has 6 heteroatoms. The van der Waals surface area contributed by atoms with Gasteiger partial charge in [0.2, 0.25) is 11.8 Å². The molecule has 1 aliphatic rings. The van der Waals surface area contributed by atoms with E-state index in [2.05, 4.69) is 17.1 Å². The van der Waals surface area contributed by atoms with Gasteiger partial charge < -0.3 is 9.42 Å². The average molecular weight is 334 g/mol. The SMILES string of the molecule is CCCc1noc(C2CCC(=O)N(Cc3ccc(Cl)cc3)C2)n1. The van der Waals surface area contributed by atoms with Crippen molar-refractivity contribution in [3.8, 4) is 0 Å². The highest BCUT2D eigenvalue weighted by atomic mass is 35.5. The summed E-state index contributed by atoms with van der Waals surface area (Å²) in [4.78, 5) is 18.5. The second-order valence-corrected chi connectivity index (χ2v) is 6.37. The third kappa shape index (κ3) is 3.91. The minimum Gasteiger partial charge on any atom is -0.339 e. The largest absolute Gasteiger partial charge is 0.339 e. The molecule has 122 valence electrons. The summed E-state index contributed by atoms with van der Waals surface area (Å²) < 4.78 is 5.39. The maximum Gasteiger partial charge on any atom is 0.231 e. The quantitative estimate of drug-likeness (QED) is 0.839. The van der Waals surface area contributed by atoms with Crippen molar-refractivity contribution in [2.75, 3.05) is 6.54 Å². The van der Waals surface area contributed by atoms with Crippen LogP contribution in [0.3, 0.4) is 0 Å². The van der Waals surface area contributed by atoms with E-state index < -0.39 is 0 Å². The van der Waals surface area contributed by atoms with Gasteiger partial charge in [-0.1, -0.05) is 35.8 Å². The van der Waals surface area contributed by atoms with Crippen molar-refractivity contribution in [1.82, 2.24) is 15.0 Å². The van der Waals surface area contributed by atoms with Crippen LogP contribution in [0.4, 0.5) is 0 Å². The summed E-state index contributed by atoms with van der Waals surface area (Å²) in [6.45, 7) is 3.29. The molecule has 1 saturated heterocycles. The van der Waals surface area contributed by atoms with Crippen LogP contribution in [0.25, 0.3) is 0 Å². The molecule has 1 amide bonds. The predicted molar refractivity (Wildman–Crippen MR) is 87.1 cm³/mol. The number of halogens is 1. The molecule has 5 nitrogen and oxygen atoms in total. The van der Waals surface area contributed by atoms with Gasteiger partial charge in [0.15, 0.2) is 5.82 Å². The van der Waals surface area contributed by atoms with E-state index in [-0.39, 0.29) is 11.8 Å². The fourth-order valence-corrected chi connectivity index (χ4v) is 2.96. The van der Waals surface area contributed by atoms with E-state index in [4.69, 9.17) is 16.1 Å². The van der Waals surface area contributed by atoms with Crippen molar-refractivity contribution in [2.24, 2.45) is 0 Å². The molecule has 0 bridgehead atoms. The van der Waals surface area contributed by atoms with Gasteiger partial charge in [-0.05, 0) is 30.5 Å². The third-order valence-electron chi connectivity index (χ3n) is 4.09. The van der Waals surface area contributed by atoms with Crippen LogP contribution in [-0.4, -0.2) is 27.5 Å². The Morgan fingerprint density at radius 1 is 1.35 bits per heavy atom. The molecule has 2 aromatic rings. The van der Waals surface area contributed by atoms with Crippen LogP contribution in [-0.2, 0) is 17.8 Å². The first-order valence-corrected chi connectivity index (χ1v) is 8.38. The van der Waals surface area contributed by atoms with Gasteiger partial charge in [-0.2, -0.15) is 4.98 Å². The molecule has 1 unspecified atom stereocenters. The number of carbonyl (C=O) groups excluding carboxylic acids is 1. The first kappa shape index (κ1) is 16.0. The fourth-order valence-electron chi connectivity index (χ4n) is 2.84. The lowest BCUT2D eigenvalue weighted by Gasteiger charge is -2.31. The van der Waals surface area contributed by atoms with Gasteiger partial charge in [-0.3, -0.25) is 4.79 Å². The number of rotatable bonds is 5. The molecular weight excluding hydrogens is 314 g/mol. The van der Waals surface area contributed by atoms with Gasteiger partial charge in [-0.25, -0.2) is 0 Å². The molecule has 0 spiro atoms. The van der Waals surface area contributed by atoms with Crippen LogP contribution in [0.2, 0.25) is 5.02 Å². The van der Waals surface area contributed by atoms with Gasteiger partial charge in [0.05, 0.1) is 5.92 Å². The molecule has 0 N–H and O–H groups in total. The molecule has 3 rings (SSSR count). The molecular formula is C17H20ClN3O2. The fraction of sp³-hybridized carbons (Fsp3) is 0.471. The number of likely N-dealkylation sites (tertiary alicyclic amines) is 1. The number of aromatic nitrogens is 2. The zero-order chi connectivity index (χ0) is 16.2. The summed E-state index contributed by atoms with van der Waals surface area (Å²) in [6.07, 6.45) is 3.10. The third-order valence-corrected chi connectivity index (χ3v) is 4.35. The molecule has 1 aliphatic heterocycles. The van der Waals surface area contributed by atoms with E-state index >= 15 is 0 Å². The molecule has 1 aromatic heterocycles. The standard InChI is InChI=1S/C17H20ClN3O2/c1-2-3-15-19-17(23-20-15)13-6-9-16(22)21(11-13)10-12-4-7-14(18)8-5-12/h4-5,7-8,13H,2-3,6,9-11H2,1H3. The van der Waals surface area contributed by atoms with E-state index in [9.17, 15) is 4.79 Å². The van der Waals surface area contributed by atoms with Crippen LogP contribution in [0.5, 0.6) is 0 Å². The topological polar surface area (TPSA) is 59.2 Å². The Bertz CT molecular complexity index is 669. The minimum absolute atomic E-state index is 0.123. The molecule has 0 saturated carbocycles. The van der Waals surface area contributed by atoms with Gasteiger partial charge in [0.25, 0.3) is 0 Å². The predicted octanol–water partition coefficient (Wildman–Crippen LogP) is 3.58. The molecule has 1 atom stereocenters. The monoisotopic (exact) mass is 333 g/mol. The van der Waals surface area contributed by atoms with Gasteiger partial charge in [0.1, 0.15) is 0 Å². The highest BCUT2D eigenvalue weighted by Gasteiger charge is 2.30. The first-order chi connectivity index (χ1) is 11.2. The molecule has 23 heavy (non-hydrogen) atoms. The van der Waals surface area contributed by atoms with Gasteiger partial charge >= 0.3 is 0 Å². The first-order valence-electron chi connectivity index (χ1n) is 8.00. The number of nitrogens with zero attached hydrogens (tertiary/aromatic N) is 3. The summed E-state index contributed by atoms with van der Waals surface area (Å²) >= 11 is 5.91. The van der Waals surface area contributed by atoms with Crippen LogP contribution in [0, 0.1) is 0 Å². The number of hydrogen-bond donors (Lipinski definition) is 0. The maximum absolute atomic E-state index is 12.2. The summed E-state index contributed by atoms with van der Waals surface area (Å²) in [5.74, 6) is 1.70. The Kier molecular flexibility index (Phi) is 4.96. The molecule has 2 heterocycles. The van der Waals surface area contributed by atoms with Gasteiger partial charge in [0, 0.05) is 31.0 Å². The van der Waals surface area contributed by atoms with Crippen molar-refractivity contribution < 1.29 is 9.32 Å². The van der Waals surface area contributed by atoms with Crippen LogP contribution < -0.4 is 0 Å². The maximum atomic E-state index is 12.2. The zero-order valence-corrected chi connectivity index (χ0v) is 13.9. The second-order valence-electron chi connectivity index (χ2n) is 5.94. The van der Waals surface area contributed by atoms with E-state index in [1.54, 1.807) is 0 Å². The van der Waals surface area contributed by atoms with E-state index in [1.165, 1.54) is 0 Å². The van der Waals surface area contributed by atoms with Crippen LogP contribution in [0.15, 0.2) is 28.8 Å². The Morgan fingerprint density at radius 2 is 2.13 bits per heavy atom. The number of carbonyl (C=O) groups is 1. The van der Waals surface area contributed by atoms with Crippen molar-refractivity contribution in [3.05, 3.63) is 46.6 Å². The number of piperidine rings is 1. The Hall–Kier alpha value is -1.88. The molecule has 1 fully saturated rings. The highest BCUT2D eigenvalue weighted by Crippen LogP contribution is 2.27. The van der Waals surface area contributed by atoms with Crippen LogP contribution >= 0.6 is 11.6 Å². The summed E-state index contributed by atoms with van der Waals surface area (Å²) in [7, 11) is 0. The average Bonchev–Trinajstić information content (AvgIpc) is 3.01. The van der Waals surface area contributed by atoms with E-state index in [1.807, 2.05) is 29.2 Å². The second kappa shape index (κ2) is 7.13. The molecule has 0 aliphatic carbocycles.